The van der Waals surface area contributed by atoms with E-state index in [-0.39, 0.29) is 18.2 Å². The lowest BCUT2D eigenvalue weighted by Gasteiger charge is -2.17. The summed E-state index contributed by atoms with van der Waals surface area (Å²) >= 11 is 0. The highest BCUT2D eigenvalue weighted by Gasteiger charge is 2.53. The Balaban J connectivity index is 1.93. The Kier molecular flexibility index (Phi) is 3.57. The summed E-state index contributed by atoms with van der Waals surface area (Å²) in [6, 6.07) is 3.83. The average Bonchev–Trinajstić information content (AvgIpc) is 3.09. The minimum Gasteiger partial charge on any atom is -0.481 e. The predicted octanol–water partition coefficient (Wildman–Crippen LogP) is 2.17. The van der Waals surface area contributed by atoms with Crippen molar-refractivity contribution in [3.8, 4) is 0 Å². The van der Waals surface area contributed by atoms with Gasteiger partial charge < -0.3 is 15.0 Å². The minimum absolute atomic E-state index is 0.0588. The number of carbonyl (C=O) groups is 1. The van der Waals surface area contributed by atoms with Crippen molar-refractivity contribution in [1.82, 2.24) is 9.97 Å². The summed E-state index contributed by atoms with van der Waals surface area (Å²) in [5, 5.41) is 19.8. The monoisotopic (exact) mass is 344 g/mol. The number of nitro benzene ring substituents is 1. The van der Waals surface area contributed by atoms with Gasteiger partial charge in [-0.05, 0) is 6.07 Å². The number of hydrogen-bond acceptors (Lipinski definition) is 5. The van der Waals surface area contributed by atoms with Gasteiger partial charge in [0.05, 0.1) is 27.8 Å². The van der Waals surface area contributed by atoms with E-state index in [1.165, 1.54) is 23.1 Å². The van der Waals surface area contributed by atoms with E-state index in [1.54, 1.807) is 0 Å². The van der Waals surface area contributed by atoms with Gasteiger partial charge in [-0.1, -0.05) is 0 Å². The molecule has 1 fully saturated rings. The lowest BCUT2D eigenvalue weighted by atomic mass is 9.96. The number of carboxylic acids is 1. The lowest BCUT2D eigenvalue weighted by molar-refractivity contribution is -0.384. The second-order valence-electron chi connectivity index (χ2n) is 5.52. The van der Waals surface area contributed by atoms with Crippen LogP contribution in [0.25, 0.3) is 11.0 Å². The van der Waals surface area contributed by atoms with Gasteiger partial charge in [0.2, 0.25) is 5.95 Å². The molecule has 1 saturated heterocycles. The van der Waals surface area contributed by atoms with Crippen LogP contribution in [0.2, 0.25) is 0 Å². The molecule has 0 aliphatic carbocycles. The summed E-state index contributed by atoms with van der Waals surface area (Å²) < 4.78 is 39.0. The highest BCUT2D eigenvalue weighted by atomic mass is 19.4. The van der Waals surface area contributed by atoms with E-state index in [0.717, 1.165) is 0 Å². The summed E-state index contributed by atoms with van der Waals surface area (Å²) in [5.74, 6) is -5.06. The largest absolute Gasteiger partial charge is 0.481 e. The first-order chi connectivity index (χ1) is 11.2. The molecule has 1 aliphatic heterocycles. The summed E-state index contributed by atoms with van der Waals surface area (Å²) in [6.07, 6.45) is -4.64. The number of rotatable bonds is 3. The van der Waals surface area contributed by atoms with Crippen LogP contribution in [0.4, 0.5) is 24.8 Å². The van der Waals surface area contributed by atoms with Crippen LogP contribution in [-0.4, -0.2) is 45.2 Å². The number of alkyl halides is 3. The fourth-order valence-electron chi connectivity index (χ4n) is 2.81. The molecule has 3 rings (SSSR count). The number of imidazole rings is 1. The maximum absolute atomic E-state index is 13.0. The topological polar surface area (TPSA) is 112 Å². The van der Waals surface area contributed by atoms with E-state index < -0.39 is 35.4 Å². The third-order valence-corrected chi connectivity index (χ3v) is 4.02. The van der Waals surface area contributed by atoms with Crippen LogP contribution in [-0.2, 0) is 4.79 Å². The quantitative estimate of drug-likeness (QED) is 0.652. The molecule has 2 heterocycles. The standard InChI is InChI=1S/C13H11F3N4O4/c14-13(15,16)8-5-19(4-7(8)11(21)22)12-17-9-2-1-6(20(23)24)3-10(9)18-12/h1-3,7-8H,4-5H2,(H,17,18)(H,21,22)/t7-,8-/m1/s1. The van der Waals surface area contributed by atoms with Crippen LogP contribution in [0, 0.1) is 22.0 Å². The highest BCUT2D eigenvalue weighted by molar-refractivity contribution is 5.80. The van der Waals surface area contributed by atoms with Gasteiger partial charge in [0.25, 0.3) is 5.69 Å². The Bertz CT molecular complexity index is 819. The smallest absolute Gasteiger partial charge is 0.394 e. The molecule has 2 atom stereocenters. The number of anilines is 1. The fourth-order valence-corrected chi connectivity index (χ4v) is 2.81. The molecule has 0 amide bonds. The van der Waals surface area contributed by atoms with Crippen molar-refractivity contribution >= 4 is 28.6 Å². The number of halogens is 3. The number of non-ortho nitro benzene ring substituents is 1. The normalized spacial score (nSPS) is 21.4. The van der Waals surface area contributed by atoms with E-state index in [1.807, 2.05) is 0 Å². The Hall–Kier alpha value is -2.85. The second-order valence-corrected chi connectivity index (χ2v) is 5.52. The van der Waals surface area contributed by atoms with Gasteiger partial charge in [-0.25, -0.2) is 4.98 Å². The average molecular weight is 344 g/mol. The van der Waals surface area contributed by atoms with Crippen LogP contribution >= 0.6 is 0 Å². The van der Waals surface area contributed by atoms with Crippen molar-refractivity contribution in [1.29, 1.82) is 0 Å². The Morgan fingerprint density at radius 2 is 2.12 bits per heavy atom. The number of benzene rings is 1. The van der Waals surface area contributed by atoms with E-state index in [4.69, 9.17) is 5.11 Å². The van der Waals surface area contributed by atoms with Crippen molar-refractivity contribution in [2.24, 2.45) is 11.8 Å². The molecule has 0 saturated carbocycles. The zero-order chi connectivity index (χ0) is 17.6. The Labute approximate surface area is 132 Å². The third-order valence-electron chi connectivity index (χ3n) is 4.02. The van der Waals surface area contributed by atoms with E-state index >= 15 is 0 Å². The summed E-state index contributed by atoms with van der Waals surface area (Å²) in [5.41, 5.74) is 0.454. The number of carboxylic acid groups (broad SMARTS) is 1. The maximum atomic E-state index is 13.0. The zero-order valence-corrected chi connectivity index (χ0v) is 11.9. The molecule has 0 bridgehead atoms. The number of nitro groups is 1. The van der Waals surface area contributed by atoms with Crippen molar-refractivity contribution in [2.75, 3.05) is 18.0 Å². The first-order valence-corrected chi connectivity index (χ1v) is 6.85. The van der Waals surface area contributed by atoms with Crippen LogP contribution in [0.15, 0.2) is 18.2 Å². The van der Waals surface area contributed by atoms with Gasteiger partial charge >= 0.3 is 12.1 Å². The minimum atomic E-state index is -4.64. The van der Waals surface area contributed by atoms with E-state index in [2.05, 4.69) is 9.97 Å². The van der Waals surface area contributed by atoms with Crippen LogP contribution in [0.3, 0.4) is 0 Å². The number of aromatic nitrogens is 2. The predicted molar refractivity (Wildman–Crippen MR) is 75.6 cm³/mol. The number of nitrogens with one attached hydrogen (secondary N) is 1. The van der Waals surface area contributed by atoms with Gasteiger partial charge in [0, 0.05) is 25.2 Å². The number of hydrogen-bond donors (Lipinski definition) is 2. The number of aromatic amines is 1. The number of aliphatic carboxylic acids is 1. The Morgan fingerprint density at radius 1 is 1.42 bits per heavy atom. The molecule has 1 aromatic carbocycles. The second kappa shape index (κ2) is 5.35. The van der Waals surface area contributed by atoms with Crippen molar-refractivity contribution in [3.05, 3.63) is 28.3 Å². The van der Waals surface area contributed by atoms with E-state index in [9.17, 15) is 28.1 Å². The van der Waals surface area contributed by atoms with Crippen LogP contribution < -0.4 is 4.90 Å². The molecular weight excluding hydrogens is 333 g/mol. The summed E-state index contributed by atoms with van der Waals surface area (Å²) in [7, 11) is 0. The van der Waals surface area contributed by atoms with Gasteiger partial charge in [0.1, 0.15) is 0 Å². The zero-order valence-electron chi connectivity index (χ0n) is 11.9. The number of H-pyrrole nitrogens is 1. The molecule has 8 nitrogen and oxygen atoms in total. The lowest BCUT2D eigenvalue weighted by Crippen LogP contribution is -2.33. The Morgan fingerprint density at radius 3 is 2.67 bits per heavy atom. The van der Waals surface area contributed by atoms with Crippen LogP contribution in [0.1, 0.15) is 0 Å². The third kappa shape index (κ3) is 2.72. The molecule has 24 heavy (non-hydrogen) atoms. The molecule has 1 aromatic heterocycles. The molecule has 0 spiro atoms. The molecule has 128 valence electrons. The SMILES string of the molecule is O=C(O)[C@@H]1CN(c2nc3ccc([N+](=O)[O-])cc3[nH]2)C[C@H]1C(F)(F)F. The van der Waals surface area contributed by atoms with Crippen molar-refractivity contribution < 1.29 is 28.0 Å². The molecule has 1 aliphatic rings. The van der Waals surface area contributed by atoms with Gasteiger partial charge in [-0.3, -0.25) is 14.9 Å². The van der Waals surface area contributed by atoms with Gasteiger partial charge in [0.15, 0.2) is 0 Å². The van der Waals surface area contributed by atoms with Crippen molar-refractivity contribution in [3.63, 3.8) is 0 Å². The van der Waals surface area contributed by atoms with E-state index in [0.29, 0.717) is 11.0 Å². The molecule has 0 radical (unpaired) electrons. The highest BCUT2D eigenvalue weighted by Crippen LogP contribution is 2.39. The molecular formula is C13H11F3N4O4. The molecule has 2 N–H and O–H groups in total. The first kappa shape index (κ1) is 16.0. The number of nitrogens with zero attached hydrogens (tertiary/aromatic N) is 3. The number of fused-ring (bicyclic) bond motifs is 1. The first-order valence-electron chi connectivity index (χ1n) is 6.85. The maximum Gasteiger partial charge on any atom is 0.394 e. The molecule has 0 unspecified atom stereocenters. The van der Waals surface area contributed by atoms with Crippen LogP contribution in [0.5, 0.6) is 0 Å². The summed E-state index contributed by atoms with van der Waals surface area (Å²) in [6.45, 7) is -0.885. The van der Waals surface area contributed by atoms with Crippen molar-refractivity contribution in [2.45, 2.75) is 6.18 Å². The van der Waals surface area contributed by atoms with Gasteiger partial charge in [-0.15, -0.1) is 0 Å². The fraction of sp³-hybridized carbons (Fsp3) is 0.385. The molecule has 2 aromatic rings. The summed E-state index contributed by atoms with van der Waals surface area (Å²) in [4.78, 5) is 29.2. The van der Waals surface area contributed by atoms with Gasteiger partial charge in [-0.2, -0.15) is 13.2 Å². The molecule has 11 heteroatoms.